The molecule has 1 unspecified atom stereocenters. The minimum atomic E-state index is -0.314. The summed E-state index contributed by atoms with van der Waals surface area (Å²) in [7, 11) is 0. The first kappa shape index (κ1) is 36.7. The van der Waals surface area contributed by atoms with Gasteiger partial charge in [0.15, 0.2) is 0 Å². The summed E-state index contributed by atoms with van der Waals surface area (Å²) in [6.07, 6.45) is 3.70. The van der Waals surface area contributed by atoms with Crippen molar-refractivity contribution < 1.29 is 13.8 Å². The number of aromatic nitrogens is 4. The van der Waals surface area contributed by atoms with Crippen molar-refractivity contribution in [2.24, 2.45) is 0 Å². The maximum absolute atomic E-state index is 7.14. The van der Waals surface area contributed by atoms with Gasteiger partial charge in [0.25, 0.3) is 0 Å². The summed E-state index contributed by atoms with van der Waals surface area (Å²) in [5, 5.41) is 15.7. The molecule has 0 saturated heterocycles. The van der Waals surface area contributed by atoms with Crippen molar-refractivity contribution in [3.8, 4) is 17.1 Å². The molecule has 2 atom stereocenters. The third kappa shape index (κ3) is 5.58. The van der Waals surface area contributed by atoms with Gasteiger partial charge in [0.1, 0.15) is 35.4 Å². The summed E-state index contributed by atoms with van der Waals surface area (Å²) in [6, 6.07) is 59.9. The Morgan fingerprint density at radius 3 is 2.33 bits per heavy atom. The Kier molecular flexibility index (Phi) is 8.19. The standard InChI is InChI=1S/C58H42N4O2/c1-35-15-3-4-18-39(35)33-49-36(2)53-42-22-8-6-17-38(42)29-31-47(53)62(49)48-32-30-44-43-23-9-11-26-50(43)64-56(44)55(48)57-59-58(46-25-14-28-52-54(46)45-24-10-12-27-51(45)63-52)61(60-57)34-40-20-13-19-37-16-5-7-21-41(37)40/h3-29,31,33,44,56H,2,30,32,34H2,1H3/b49-33+/t44-,56?/m0/s1. The fraction of sp³-hybridized carbons (Fsp3) is 0.103. The number of para-hydroxylation sites is 2. The van der Waals surface area contributed by atoms with E-state index in [1.807, 2.05) is 18.2 Å². The zero-order valence-corrected chi connectivity index (χ0v) is 35.3. The van der Waals surface area contributed by atoms with Gasteiger partial charge >= 0.3 is 0 Å². The summed E-state index contributed by atoms with van der Waals surface area (Å²) in [5.41, 5.74) is 10.6. The van der Waals surface area contributed by atoms with Gasteiger partial charge in [-0.05, 0) is 88.6 Å². The van der Waals surface area contributed by atoms with E-state index in [0.717, 1.165) is 90.2 Å². The summed E-state index contributed by atoms with van der Waals surface area (Å²) >= 11 is 0. The Hall–Kier alpha value is -7.96. The summed E-state index contributed by atoms with van der Waals surface area (Å²) in [4.78, 5) is 5.71. The molecule has 13 rings (SSSR count). The number of nitrogens with zero attached hydrogens (tertiary/aromatic N) is 4. The van der Waals surface area contributed by atoms with E-state index in [-0.39, 0.29) is 12.0 Å². The van der Waals surface area contributed by atoms with Gasteiger partial charge in [0.2, 0.25) is 0 Å². The smallest absolute Gasteiger partial charge is 0.136 e. The SMILES string of the molecule is C=c1/c(=C\c2ccccc2C)n(C2=C(c3nc(-c4cccc5oc6ccccc6c45)[n+](Cc4cccc5ccccc45)[n-]3)C3Oc4ccccc4[C@@H]3CC2)c2ccc3ccccc3c12. The van der Waals surface area contributed by atoms with Gasteiger partial charge in [-0.2, -0.15) is 0 Å². The fourth-order valence-electron chi connectivity index (χ4n) is 10.7. The number of furan rings is 1. The molecule has 8 aromatic carbocycles. The van der Waals surface area contributed by atoms with Crippen molar-refractivity contribution in [2.45, 2.75) is 38.3 Å². The quantitative estimate of drug-likeness (QED) is 0.157. The molecule has 1 aliphatic heterocycles. The van der Waals surface area contributed by atoms with Crippen LogP contribution in [-0.2, 0) is 6.54 Å². The van der Waals surface area contributed by atoms with Gasteiger partial charge in [-0.25, -0.2) is 0 Å². The molecule has 0 radical (unpaired) electrons. The van der Waals surface area contributed by atoms with Crippen LogP contribution in [-0.4, -0.2) is 15.7 Å². The number of benzene rings is 8. The molecular formula is C58H42N4O2. The number of hydrogen-bond donors (Lipinski definition) is 0. The first-order valence-corrected chi connectivity index (χ1v) is 22.2. The molecule has 3 aromatic heterocycles. The molecule has 0 bridgehead atoms. The lowest BCUT2D eigenvalue weighted by atomic mass is 9.80. The Balaban J connectivity index is 1.13. The average molecular weight is 827 g/mol. The van der Waals surface area contributed by atoms with E-state index in [1.54, 1.807) is 0 Å². The maximum Gasteiger partial charge on any atom is 0.136 e. The fourth-order valence-corrected chi connectivity index (χ4v) is 10.7. The molecule has 0 N–H and O–H groups in total. The highest BCUT2D eigenvalue weighted by atomic mass is 16.5. The van der Waals surface area contributed by atoms with Crippen LogP contribution in [0.4, 0.5) is 0 Å². The third-order valence-electron chi connectivity index (χ3n) is 13.7. The molecule has 2 aliphatic rings. The second-order valence-corrected chi connectivity index (χ2v) is 17.3. The summed E-state index contributed by atoms with van der Waals surface area (Å²) in [6.45, 7) is 7.56. The molecule has 6 heteroatoms. The van der Waals surface area contributed by atoms with Crippen molar-refractivity contribution in [1.82, 2.24) is 14.6 Å². The van der Waals surface area contributed by atoms with Gasteiger partial charge in [-0.3, -0.25) is 9.78 Å². The van der Waals surface area contributed by atoms with E-state index in [9.17, 15) is 0 Å². The zero-order chi connectivity index (χ0) is 42.5. The van der Waals surface area contributed by atoms with Crippen LogP contribution in [0.25, 0.3) is 89.7 Å². The second-order valence-electron chi connectivity index (χ2n) is 17.3. The monoisotopic (exact) mass is 826 g/mol. The minimum absolute atomic E-state index is 0.135. The third-order valence-corrected chi connectivity index (χ3v) is 13.7. The minimum Gasteiger partial charge on any atom is -0.485 e. The van der Waals surface area contributed by atoms with Gasteiger partial charge in [-0.1, -0.05) is 152 Å². The highest BCUT2D eigenvalue weighted by Gasteiger charge is 2.42. The highest BCUT2D eigenvalue weighted by molar-refractivity contribution is 6.12. The van der Waals surface area contributed by atoms with Crippen LogP contribution < -0.4 is 25.1 Å². The highest BCUT2D eigenvalue weighted by Crippen LogP contribution is 2.51. The van der Waals surface area contributed by atoms with E-state index in [0.29, 0.717) is 12.4 Å². The molecule has 1 aliphatic carbocycles. The molecule has 0 fully saturated rings. The normalized spacial score (nSPS) is 16.4. The number of ether oxygens (including phenoxy) is 1. The van der Waals surface area contributed by atoms with Crippen LogP contribution in [0.15, 0.2) is 174 Å². The van der Waals surface area contributed by atoms with E-state index in [2.05, 4.69) is 174 Å². The number of allylic oxidation sites excluding steroid dienone is 1. The lowest BCUT2D eigenvalue weighted by molar-refractivity contribution is -0.737. The van der Waals surface area contributed by atoms with Gasteiger partial charge in [-0.15, -0.1) is 0 Å². The first-order valence-electron chi connectivity index (χ1n) is 22.2. The largest absolute Gasteiger partial charge is 0.485 e. The first-order chi connectivity index (χ1) is 31.6. The topological polar surface area (TPSA) is 58.2 Å². The van der Waals surface area contributed by atoms with Crippen LogP contribution in [0.1, 0.15) is 46.8 Å². The lowest BCUT2D eigenvalue weighted by Gasteiger charge is -2.32. The molecule has 64 heavy (non-hydrogen) atoms. The lowest BCUT2D eigenvalue weighted by Crippen LogP contribution is -2.41. The number of fused-ring (bicyclic) bond motifs is 10. The Morgan fingerprint density at radius 1 is 0.719 bits per heavy atom. The van der Waals surface area contributed by atoms with Crippen LogP contribution >= 0.6 is 0 Å². The molecule has 6 nitrogen and oxygen atoms in total. The maximum atomic E-state index is 7.14. The summed E-state index contributed by atoms with van der Waals surface area (Å²) < 4.78 is 18.2. The van der Waals surface area contributed by atoms with Crippen LogP contribution in [0.5, 0.6) is 5.75 Å². The Morgan fingerprint density at radius 2 is 1.44 bits per heavy atom. The number of hydrogen-bond acceptors (Lipinski definition) is 3. The van der Waals surface area contributed by atoms with E-state index >= 15 is 0 Å². The summed E-state index contributed by atoms with van der Waals surface area (Å²) in [5.74, 6) is 2.50. The average Bonchev–Trinajstić information content (AvgIpc) is 4.10. The number of rotatable bonds is 6. The zero-order valence-electron chi connectivity index (χ0n) is 35.3. The predicted octanol–water partition coefficient (Wildman–Crippen LogP) is 11.5. The Bertz CT molecular complexity index is 3860. The predicted molar refractivity (Wildman–Crippen MR) is 258 cm³/mol. The molecule has 4 heterocycles. The van der Waals surface area contributed by atoms with Crippen molar-refractivity contribution in [3.05, 3.63) is 209 Å². The van der Waals surface area contributed by atoms with Crippen LogP contribution in [0.2, 0.25) is 0 Å². The van der Waals surface area contributed by atoms with Crippen molar-refractivity contribution in [1.29, 1.82) is 0 Å². The van der Waals surface area contributed by atoms with Crippen molar-refractivity contribution in [3.63, 3.8) is 0 Å². The molecule has 11 aromatic rings. The second kappa shape index (κ2) is 14.3. The van der Waals surface area contributed by atoms with E-state index < -0.39 is 0 Å². The van der Waals surface area contributed by atoms with Gasteiger partial charge < -0.3 is 18.7 Å². The Labute approximate surface area is 369 Å². The molecule has 306 valence electrons. The number of aryl methyl sites for hydroxylation is 1. The van der Waals surface area contributed by atoms with Gasteiger partial charge in [0, 0.05) is 55.3 Å². The van der Waals surface area contributed by atoms with Crippen LogP contribution in [0.3, 0.4) is 0 Å². The van der Waals surface area contributed by atoms with Crippen LogP contribution in [0, 0.1) is 6.92 Å². The molecule has 0 spiro atoms. The van der Waals surface area contributed by atoms with E-state index in [1.165, 1.54) is 38.2 Å². The van der Waals surface area contributed by atoms with E-state index in [4.69, 9.17) is 25.8 Å². The van der Waals surface area contributed by atoms with Gasteiger partial charge in [0.05, 0.1) is 10.9 Å². The van der Waals surface area contributed by atoms with Crippen molar-refractivity contribution in [2.75, 3.05) is 0 Å². The molecule has 0 saturated carbocycles. The molecular weight excluding hydrogens is 785 g/mol. The molecule has 0 amide bonds. The van der Waals surface area contributed by atoms with Crippen molar-refractivity contribution >= 4 is 78.3 Å².